The average molecular weight is 163 g/mol. The third-order valence-corrected chi connectivity index (χ3v) is 0.871. The lowest BCUT2D eigenvalue weighted by Gasteiger charge is -1.99. The van der Waals surface area contributed by atoms with Gasteiger partial charge in [-0.1, -0.05) is 6.58 Å². The van der Waals surface area contributed by atoms with E-state index in [0.29, 0.717) is 0 Å². The molecule has 0 aromatic rings. The minimum atomic E-state index is -0.802. The van der Waals surface area contributed by atoms with Crippen LogP contribution in [0.25, 0.3) is 0 Å². The molecule has 4 heteroatoms. The first-order chi connectivity index (χ1) is 4.57. The maximum Gasteiger partial charge on any atom is 0.337 e. The Balaban J connectivity index is 3.80. The van der Waals surface area contributed by atoms with E-state index < -0.39 is 17.3 Å². The summed E-state index contributed by atoms with van der Waals surface area (Å²) < 4.78 is 4.13. The van der Waals surface area contributed by atoms with Crippen molar-refractivity contribution in [1.29, 1.82) is 0 Å². The van der Waals surface area contributed by atoms with Gasteiger partial charge in [-0.3, -0.25) is 0 Å². The fraction of sp³-hybridized carbons (Fsp3) is 0.333. The van der Waals surface area contributed by atoms with E-state index in [0.717, 1.165) is 6.08 Å². The molecule has 0 rings (SSSR count). The molecule has 10 heavy (non-hydrogen) atoms. The quantitative estimate of drug-likeness (QED) is 0.262. The second kappa shape index (κ2) is 4.06. The summed E-state index contributed by atoms with van der Waals surface area (Å²) in [7, 11) is 0. The summed E-state index contributed by atoms with van der Waals surface area (Å²) in [5.41, 5.74) is 0. The van der Waals surface area contributed by atoms with Gasteiger partial charge in [0.1, 0.15) is 5.38 Å². The minimum Gasteiger partial charge on any atom is -0.389 e. The van der Waals surface area contributed by atoms with Crippen molar-refractivity contribution in [2.75, 3.05) is 0 Å². The summed E-state index contributed by atoms with van der Waals surface area (Å²) in [5, 5.41) is -0.802. The van der Waals surface area contributed by atoms with Gasteiger partial charge in [0.25, 0.3) is 0 Å². The number of carbonyl (C=O) groups excluding carboxylic acids is 2. The molecule has 0 saturated heterocycles. The molecule has 0 aliphatic carbocycles. The maximum atomic E-state index is 10.5. The van der Waals surface area contributed by atoms with Crippen molar-refractivity contribution in [3.8, 4) is 0 Å². The van der Waals surface area contributed by atoms with E-state index in [-0.39, 0.29) is 0 Å². The van der Waals surface area contributed by atoms with Gasteiger partial charge in [0.05, 0.1) is 0 Å². The predicted octanol–water partition coefficient (Wildman–Crippen LogP) is 0.869. The Labute approximate surface area is 63.6 Å². The largest absolute Gasteiger partial charge is 0.389 e. The first kappa shape index (κ1) is 9.17. The lowest BCUT2D eigenvalue weighted by molar-refractivity contribution is -0.155. The molecule has 1 unspecified atom stereocenters. The zero-order valence-corrected chi connectivity index (χ0v) is 6.22. The van der Waals surface area contributed by atoms with Crippen molar-refractivity contribution >= 4 is 23.5 Å². The van der Waals surface area contributed by atoms with Crippen LogP contribution >= 0.6 is 11.6 Å². The lowest BCUT2D eigenvalue weighted by atomic mass is 10.5. The van der Waals surface area contributed by atoms with Crippen LogP contribution in [-0.4, -0.2) is 17.3 Å². The van der Waals surface area contributed by atoms with Gasteiger partial charge in [-0.25, -0.2) is 9.59 Å². The summed E-state index contributed by atoms with van der Waals surface area (Å²) in [6.07, 6.45) is 0.900. The van der Waals surface area contributed by atoms with E-state index in [1.54, 1.807) is 0 Å². The highest BCUT2D eigenvalue weighted by atomic mass is 35.5. The van der Waals surface area contributed by atoms with Crippen LogP contribution in [0.3, 0.4) is 0 Å². The molecule has 0 amide bonds. The van der Waals surface area contributed by atoms with Gasteiger partial charge in [0.2, 0.25) is 0 Å². The van der Waals surface area contributed by atoms with Crippen LogP contribution in [-0.2, 0) is 14.3 Å². The summed E-state index contributed by atoms with van der Waals surface area (Å²) >= 11 is 5.27. The molecule has 3 nitrogen and oxygen atoms in total. The Hall–Kier alpha value is -0.830. The first-order valence-electron chi connectivity index (χ1n) is 2.60. The molecule has 0 aliphatic heterocycles. The van der Waals surface area contributed by atoms with E-state index >= 15 is 0 Å². The molecule has 56 valence electrons. The molecule has 0 heterocycles. The Morgan fingerprint density at radius 2 is 2.20 bits per heavy atom. The molecule has 0 spiro atoms. The van der Waals surface area contributed by atoms with Crippen LogP contribution in [0.1, 0.15) is 6.92 Å². The standard InChI is InChI=1S/C6H7ClO3/c1-3-5(8)10-6(9)4(2)7/h3-4H,1H2,2H3. The predicted molar refractivity (Wildman–Crippen MR) is 36.6 cm³/mol. The van der Waals surface area contributed by atoms with E-state index in [1.807, 2.05) is 0 Å². The number of hydrogen-bond donors (Lipinski definition) is 0. The molecule has 0 radical (unpaired) electrons. The van der Waals surface area contributed by atoms with E-state index in [4.69, 9.17) is 11.6 Å². The molecule has 0 aliphatic rings. The van der Waals surface area contributed by atoms with Gasteiger partial charge in [-0.15, -0.1) is 11.6 Å². The molecule has 1 atom stereocenters. The molecular weight excluding hydrogens is 156 g/mol. The number of esters is 2. The van der Waals surface area contributed by atoms with Crippen LogP contribution < -0.4 is 0 Å². The van der Waals surface area contributed by atoms with Crippen LogP contribution in [0.5, 0.6) is 0 Å². The molecule has 0 N–H and O–H groups in total. The van der Waals surface area contributed by atoms with Crippen molar-refractivity contribution in [3.05, 3.63) is 12.7 Å². The molecular formula is C6H7ClO3. The summed E-state index contributed by atoms with van der Waals surface area (Å²) in [6, 6.07) is 0. The first-order valence-corrected chi connectivity index (χ1v) is 3.03. The number of carbonyl (C=O) groups is 2. The van der Waals surface area contributed by atoms with Gasteiger partial charge >= 0.3 is 11.9 Å². The van der Waals surface area contributed by atoms with Gasteiger partial charge in [-0.2, -0.15) is 0 Å². The van der Waals surface area contributed by atoms with Crippen molar-refractivity contribution in [2.24, 2.45) is 0 Å². The number of hydrogen-bond acceptors (Lipinski definition) is 3. The van der Waals surface area contributed by atoms with Gasteiger partial charge < -0.3 is 4.74 Å². The Morgan fingerprint density at radius 1 is 1.70 bits per heavy atom. The summed E-state index contributed by atoms with van der Waals surface area (Å²) in [4.78, 5) is 20.8. The Morgan fingerprint density at radius 3 is 2.50 bits per heavy atom. The van der Waals surface area contributed by atoms with Crippen molar-refractivity contribution in [2.45, 2.75) is 12.3 Å². The van der Waals surface area contributed by atoms with Crippen molar-refractivity contribution in [1.82, 2.24) is 0 Å². The summed E-state index contributed by atoms with van der Waals surface area (Å²) in [6.45, 7) is 4.52. The molecule has 0 aromatic heterocycles. The van der Waals surface area contributed by atoms with Crippen LogP contribution in [0.4, 0.5) is 0 Å². The highest BCUT2D eigenvalue weighted by molar-refractivity contribution is 6.30. The normalized spacial score (nSPS) is 11.8. The highest BCUT2D eigenvalue weighted by Gasteiger charge is 2.12. The molecule has 0 fully saturated rings. The number of ether oxygens (including phenoxy) is 1. The van der Waals surface area contributed by atoms with Crippen LogP contribution in [0.15, 0.2) is 12.7 Å². The van der Waals surface area contributed by atoms with E-state index in [1.165, 1.54) is 6.92 Å². The van der Waals surface area contributed by atoms with Gasteiger partial charge in [0, 0.05) is 6.08 Å². The van der Waals surface area contributed by atoms with Gasteiger partial charge in [0.15, 0.2) is 0 Å². The average Bonchev–Trinajstić information content (AvgIpc) is 1.87. The fourth-order valence-electron chi connectivity index (χ4n) is 0.222. The van der Waals surface area contributed by atoms with E-state index in [2.05, 4.69) is 11.3 Å². The van der Waals surface area contributed by atoms with Crippen molar-refractivity contribution < 1.29 is 14.3 Å². The number of halogens is 1. The number of rotatable bonds is 2. The third-order valence-electron chi connectivity index (χ3n) is 0.693. The van der Waals surface area contributed by atoms with Crippen LogP contribution in [0.2, 0.25) is 0 Å². The van der Waals surface area contributed by atoms with Crippen molar-refractivity contribution in [3.63, 3.8) is 0 Å². The SMILES string of the molecule is C=CC(=O)OC(=O)C(C)Cl. The van der Waals surface area contributed by atoms with Crippen LogP contribution in [0, 0.1) is 0 Å². The smallest absolute Gasteiger partial charge is 0.337 e. The minimum absolute atomic E-state index is 0.758. The van der Waals surface area contributed by atoms with Gasteiger partial charge in [-0.05, 0) is 6.92 Å². The van der Waals surface area contributed by atoms with E-state index in [9.17, 15) is 9.59 Å². The molecule has 0 bridgehead atoms. The maximum absolute atomic E-state index is 10.5. The Bertz CT molecular complexity index is 162. The fourth-order valence-corrected chi connectivity index (χ4v) is 0.267. The second-order valence-electron chi connectivity index (χ2n) is 1.56. The zero-order chi connectivity index (χ0) is 8.15. The molecule has 0 saturated carbocycles. The Kier molecular flexibility index (Phi) is 3.72. The molecule has 0 aromatic carbocycles. The second-order valence-corrected chi connectivity index (χ2v) is 2.21. The number of alkyl halides is 1. The lowest BCUT2D eigenvalue weighted by Crippen LogP contribution is -2.17. The monoisotopic (exact) mass is 162 g/mol. The zero-order valence-electron chi connectivity index (χ0n) is 5.46. The topological polar surface area (TPSA) is 43.4 Å². The third kappa shape index (κ3) is 3.25. The summed E-state index contributed by atoms with van der Waals surface area (Å²) in [5.74, 6) is -1.54. The highest BCUT2D eigenvalue weighted by Crippen LogP contribution is 1.96.